The van der Waals surface area contributed by atoms with Crippen molar-refractivity contribution in [2.45, 2.75) is 44.8 Å². The van der Waals surface area contributed by atoms with Crippen LogP contribution in [0, 0.1) is 3.57 Å². The molecule has 4 rings (SSSR count). The van der Waals surface area contributed by atoms with Crippen LogP contribution < -0.4 is 15.0 Å². The Balaban J connectivity index is 1.64. The molecule has 1 N–H and O–H groups in total. The molecule has 0 spiro atoms. The molecule has 3 heterocycles. The van der Waals surface area contributed by atoms with Crippen LogP contribution in [-0.4, -0.2) is 66.9 Å². The molecule has 29 heavy (non-hydrogen) atoms. The highest BCUT2D eigenvalue weighted by Gasteiger charge is 2.26. The summed E-state index contributed by atoms with van der Waals surface area (Å²) in [6.07, 6.45) is 3.13. The van der Waals surface area contributed by atoms with Gasteiger partial charge < -0.3 is 19.9 Å². The van der Waals surface area contributed by atoms with Crippen molar-refractivity contribution < 1.29 is 9.13 Å². The number of hydrogen-bond acceptors (Lipinski definition) is 6. The number of alkyl halides is 1. The first kappa shape index (κ1) is 20.8. The number of fused-ring (bicyclic) bond motifs is 1. The van der Waals surface area contributed by atoms with Gasteiger partial charge in [-0.15, -0.1) is 0 Å². The normalized spacial score (nSPS) is 21.1. The number of aromatic nitrogens is 2. The van der Waals surface area contributed by atoms with Gasteiger partial charge in [-0.05, 0) is 67.0 Å². The SMILES string of the molecule is CCCN1CCC(Nc2nc(N3CC[C@@H](F)C3)nc3cc(I)c(OC)cc23)CC1. The highest BCUT2D eigenvalue weighted by molar-refractivity contribution is 14.1. The monoisotopic (exact) mass is 513 g/mol. The second kappa shape index (κ2) is 9.16. The van der Waals surface area contributed by atoms with Crippen molar-refractivity contribution >= 4 is 45.3 Å². The lowest BCUT2D eigenvalue weighted by atomic mass is 10.0. The van der Waals surface area contributed by atoms with E-state index >= 15 is 0 Å². The largest absolute Gasteiger partial charge is 0.496 e. The molecule has 1 atom stereocenters. The number of hydrogen-bond donors (Lipinski definition) is 1. The van der Waals surface area contributed by atoms with Crippen LogP contribution in [0.4, 0.5) is 16.2 Å². The molecule has 2 aromatic rings. The number of ether oxygens (including phenoxy) is 1. The van der Waals surface area contributed by atoms with Gasteiger partial charge in [0, 0.05) is 31.1 Å². The van der Waals surface area contributed by atoms with E-state index < -0.39 is 6.17 Å². The van der Waals surface area contributed by atoms with E-state index in [-0.39, 0.29) is 0 Å². The highest BCUT2D eigenvalue weighted by atomic mass is 127. The molecule has 1 aromatic carbocycles. The zero-order valence-corrected chi connectivity index (χ0v) is 19.3. The van der Waals surface area contributed by atoms with E-state index in [4.69, 9.17) is 14.7 Å². The summed E-state index contributed by atoms with van der Waals surface area (Å²) in [6, 6.07) is 4.42. The van der Waals surface area contributed by atoms with Gasteiger partial charge >= 0.3 is 0 Å². The predicted octanol–water partition coefficient (Wildman–Crippen LogP) is 4.08. The third-order valence-corrected chi connectivity index (χ3v) is 6.68. The summed E-state index contributed by atoms with van der Waals surface area (Å²) in [5.41, 5.74) is 0.869. The Morgan fingerprint density at radius 1 is 1.21 bits per heavy atom. The summed E-state index contributed by atoms with van der Waals surface area (Å²) in [7, 11) is 1.68. The molecule has 0 bridgehead atoms. The van der Waals surface area contributed by atoms with Gasteiger partial charge in [-0.25, -0.2) is 9.37 Å². The summed E-state index contributed by atoms with van der Waals surface area (Å²) < 4.78 is 20.3. The fraction of sp³-hybridized carbons (Fsp3) is 0.619. The van der Waals surface area contributed by atoms with Crippen LogP contribution >= 0.6 is 22.6 Å². The van der Waals surface area contributed by atoms with E-state index in [1.807, 2.05) is 17.0 Å². The van der Waals surface area contributed by atoms with Crippen molar-refractivity contribution in [1.29, 1.82) is 0 Å². The molecule has 2 aliphatic heterocycles. The molecule has 6 nitrogen and oxygen atoms in total. The van der Waals surface area contributed by atoms with Crippen LogP contribution in [-0.2, 0) is 0 Å². The number of nitrogens with one attached hydrogen (secondary N) is 1. The van der Waals surface area contributed by atoms with E-state index in [9.17, 15) is 4.39 Å². The second-order valence-electron chi connectivity index (χ2n) is 7.97. The first-order chi connectivity index (χ1) is 14.1. The van der Waals surface area contributed by atoms with Crippen molar-refractivity contribution in [1.82, 2.24) is 14.9 Å². The minimum absolute atomic E-state index is 0.369. The van der Waals surface area contributed by atoms with Crippen molar-refractivity contribution in [3.05, 3.63) is 15.7 Å². The molecule has 0 unspecified atom stereocenters. The van der Waals surface area contributed by atoms with Gasteiger partial charge in [-0.1, -0.05) is 6.92 Å². The summed E-state index contributed by atoms with van der Waals surface area (Å²) in [6.45, 7) is 6.65. The molecule has 2 aliphatic rings. The van der Waals surface area contributed by atoms with E-state index in [0.717, 1.165) is 52.0 Å². The fourth-order valence-electron chi connectivity index (χ4n) is 4.24. The topological polar surface area (TPSA) is 53.5 Å². The molecule has 0 radical (unpaired) electrons. The Morgan fingerprint density at radius 2 is 2.00 bits per heavy atom. The Hall–Kier alpha value is -1.42. The number of methoxy groups -OCH3 is 1. The van der Waals surface area contributed by atoms with Crippen LogP contribution in [0.25, 0.3) is 10.9 Å². The number of rotatable bonds is 6. The van der Waals surface area contributed by atoms with Crippen LogP contribution in [0.1, 0.15) is 32.6 Å². The third kappa shape index (κ3) is 4.68. The van der Waals surface area contributed by atoms with Crippen LogP contribution in [0.5, 0.6) is 5.75 Å². The standard InChI is InChI=1S/C21H29FIN5O/c1-3-7-27-8-5-15(6-9-27)24-20-16-11-19(29-2)17(23)12-18(16)25-21(26-20)28-10-4-14(22)13-28/h11-12,14-15H,3-10,13H2,1-2H3,(H,24,25,26)/t14-/m1/s1. The molecule has 0 saturated carbocycles. The molecule has 1 aromatic heterocycles. The Labute approximate surface area is 185 Å². The average Bonchev–Trinajstić information content (AvgIpc) is 3.15. The van der Waals surface area contributed by atoms with Gasteiger partial charge in [-0.2, -0.15) is 4.98 Å². The highest BCUT2D eigenvalue weighted by Crippen LogP contribution is 2.33. The number of anilines is 2. The minimum Gasteiger partial charge on any atom is -0.496 e. The summed E-state index contributed by atoms with van der Waals surface area (Å²) in [4.78, 5) is 14.1. The van der Waals surface area contributed by atoms with Gasteiger partial charge in [0.2, 0.25) is 5.95 Å². The van der Waals surface area contributed by atoms with Gasteiger partial charge in [0.25, 0.3) is 0 Å². The molecular formula is C21H29FIN5O. The minimum atomic E-state index is -0.801. The van der Waals surface area contributed by atoms with E-state index in [1.165, 1.54) is 13.0 Å². The number of likely N-dealkylation sites (tertiary alicyclic amines) is 1. The van der Waals surface area contributed by atoms with Crippen LogP contribution in [0.3, 0.4) is 0 Å². The molecule has 2 fully saturated rings. The van der Waals surface area contributed by atoms with Gasteiger partial charge in [0.1, 0.15) is 17.7 Å². The molecule has 0 aliphatic carbocycles. The van der Waals surface area contributed by atoms with Crippen molar-refractivity contribution in [3.63, 3.8) is 0 Å². The number of halogens is 2. The van der Waals surface area contributed by atoms with E-state index in [0.29, 0.717) is 31.5 Å². The number of piperidine rings is 1. The van der Waals surface area contributed by atoms with Crippen LogP contribution in [0.15, 0.2) is 12.1 Å². The van der Waals surface area contributed by atoms with E-state index in [1.54, 1.807) is 7.11 Å². The maximum Gasteiger partial charge on any atom is 0.227 e. The maximum absolute atomic E-state index is 13.8. The van der Waals surface area contributed by atoms with Gasteiger partial charge in [-0.3, -0.25) is 0 Å². The zero-order chi connectivity index (χ0) is 20.4. The smallest absolute Gasteiger partial charge is 0.227 e. The van der Waals surface area contributed by atoms with E-state index in [2.05, 4.69) is 39.7 Å². The first-order valence-corrected chi connectivity index (χ1v) is 11.6. The van der Waals surface area contributed by atoms with Crippen LogP contribution in [0.2, 0.25) is 0 Å². The quantitative estimate of drug-likeness (QED) is 0.588. The maximum atomic E-state index is 13.8. The van der Waals surface area contributed by atoms with Crippen molar-refractivity contribution in [2.24, 2.45) is 0 Å². The lowest BCUT2D eigenvalue weighted by Gasteiger charge is -2.32. The summed E-state index contributed by atoms with van der Waals surface area (Å²) >= 11 is 2.26. The average molecular weight is 513 g/mol. The number of nitrogens with zero attached hydrogens (tertiary/aromatic N) is 4. The Bertz CT molecular complexity index is 859. The molecule has 2 saturated heterocycles. The molecular weight excluding hydrogens is 484 g/mol. The molecule has 0 amide bonds. The predicted molar refractivity (Wildman–Crippen MR) is 124 cm³/mol. The van der Waals surface area contributed by atoms with Gasteiger partial charge in [0.05, 0.1) is 22.7 Å². The fourth-order valence-corrected chi connectivity index (χ4v) is 4.91. The van der Waals surface area contributed by atoms with Crippen molar-refractivity contribution in [3.8, 4) is 5.75 Å². The van der Waals surface area contributed by atoms with Gasteiger partial charge in [0.15, 0.2) is 0 Å². The number of benzene rings is 1. The molecule has 158 valence electrons. The first-order valence-electron chi connectivity index (χ1n) is 10.5. The third-order valence-electron chi connectivity index (χ3n) is 5.84. The lowest BCUT2D eigenvalue weighted by molar-refractivity contribution is 0.219. The summed E-state index contributed by atoms with van der Waals surface area (Å²) in [5.74, 6) is 2.26. The van der Waals surface area contributed by atoms with Crippen molar-refractivity contribution in [2.75, 3.05) is 50.1 Å². The molecule has 8 heteroatoms. The second-order valence-corrected chi connectivity index (χ2v) is 9.13. The Kier molecular flexibility index (Phi) is 6.58. The lowest BCUT2D eigenvalue weighted by Crippen LogP contribution is -2.39. The zero-order valence-electron chi connectivity index (χ0n) is 17.1. The Morgan fingerprint density at radius 3 is 2.66 bits per heavy atom. The summed E-state index contributed by atoms with van der Waals surface area (Å²) in [5, 5.41) is 4.63.